The van der Waals surface area contributed by atoms with Gasteiger partial charge in [-0.1, -0.05) is 30.3 Å². The molecular formula is C18H20N4OS. The molecule has 3 aromatic rings. The fourth-order valence-electron chi connectivity index (χ4n) is 3.00. The number of fused-ring (bicyclic) bond motifs is 1. The van der Waals surface area contributed by atoms with E-state index in [2.05, 4.69) is 23.2 Å². The average molecular weight is 340 g/mol. The Hall–Kier alpha value is -2.08. The van der Waals surface area contributed by atoms with Crippen LogP contribution in [-0.4, -0.2) is 24.9 Å². The summed E-state index contributed by atoms with van der Waals surface area (Å²) in [5.41, 5.74) is 3.42. The molecule has 1 aromatic carbocycles. The van der Waals surface area contributed by atoms with Gasteiger partial charge in [0.25, 0.3) is 0 Å². The van der Waals surface area contributed by atoms with Crippen molar-refractivity contribution in [2.75, 3.05) is 5.75 Å². The number of rotatable bonds is 4. The summed E-state index contributed by atoms with van der Waals surface area (Å²) in [6.07, 6.45) is 7.66. The number of hydrogen-bond donors (Lipinski definition) is 0. The van der Waals surface area contributed by atoms with Crippen LogP contribution in [0.15, 0.2) is 40.5 Å². The molecule has 1 aliphatic carbocycles. The van der Waals surface area contributed by atoms with Crippen LogP contribution in [0.25, 0.3) is 11.3 Å². The van der Waals surface area contributed by atoms with E-state index < -0.39 is 0 Å². The number of nitrogens with zero attached hydrogens (tertiary/aromatic N) is 4. The Bertz CT molecular complexity index is 955. The second-order valence-corrected chi connectivity index (χ2v) is 7.46. The van der Waals surface area contributed by atoms with E-state index >= 15 is 0 Å². The summed E-state index contributed by atoms with van der Waals surface area (Å²) in [7, 11) is 0. The maximum atomic E-state index is 12.8. The second-order valence-electron chi connectivity index (χ2n) is 6.48. The fourth-order valence-corrected chi connectivity index (χ4v) is 4.11. The molecule has 0 radical (unpaired) electrons. The van der Waals surface area contributed by atoms with Crippen molar-refractivity contribution in [3.05, 3.63) is 52.1 Å². The maximum absolute atomic E-state index is 12.8. The lowest BCUT2D eigenvalue weighted by Gasteiger charge is -2.24. The highest BCUT2D eigenvalue weighted by molar-refractivity contribution is 7.99. The summed E-state index contributed by atoms with van der Waals surface area (Å²) < 4.78 is 3.47. The van der Waals surface area contributed by atoms with Crippen molar-refractivity contribution < 1.29 is 0 Å². The largest absolute Gasteiger partial charge is 0.300 e. The van der Waals surface area contributed by atoms with Gasteiger partial charge in [-0.25, -0.2) is 0 Å². The van der Waals surface area contributed by atoms with Crippen molar-refractivity contribution >= 4 is 17.4 Å². The summed E-state index contributed by atoms with van der Waals surface area (Å²) in [6.45, 7) is 4.08. The summed E-state index contributed by atoms with van der Waals surface area (Å²) in [4.78, 5) is 12.8. The first kappa shape index (κ1) is 15.4. The molecule has 0 aliphatic heterocycles. The van der Waals surface area contributed by atoms with Gasteiger partial charge in [-0.15, -0.1) is 10.2 Å². The van der Waals surface area contributed by atoms with Crippen LogP contribution in [0.2, 0.25) is 0 Å². The fraction of sp³-hybridized carbons (Fsp3) is 0.389. The van der Waals surface area contributed by atoms with E-state index in [0.717, 1.165) is 33.6 Å². The summed E-state index contributed by atoms with van der Waals surface area (Å²) in [6, 6.07) is 5.98. The Kier molecular flexibility index (Phi) is 3.92. The van der Waals surface area contributed by atoms with Crippen molar-refractivity contribution in [2.24, 2.45) is 5.92 Å². The summed E-state index contributed by atoms with van der Waals surface area (Å²) in [5, 5.41) is 9.17. The van der Waals surface area contributed by atoms with Crippen LogP contribution >= 0.6 is 11.8 Å². The Balaban J connectivity index is 1.73. The smallest absolute Gasteiger partial charge is 0.279 e. The van der Waals surface area contributed by atoms with Gasteiger partial charge in [-0.05, 0) is 49.8 Å². The van der Waals surface area contributed by atoms with Crippen LogP contribution in [0.4, 0.5) is 0 Å². The van der Waals surface area contributed by atoms with Gasteiger partial charge in [-0.2, -0.15) is 0 Å². The minimum atomic E-state index is -0.130. The molecule has 6 heteroatoms. The molecule has 2 aromatic heterocycles. The summed E-state index contributed by atoms with van der Waals surface area (Å²) >= 11 is 1.70. The van der Waals surface area contributed by atoms with Gasteiger partial charge in [0.1, 0.15) is 0 Å². The van der Waals surface area contributed by atoms with E-state index in [1.807, 2.05) is 35.9 Å². The van der Waals surface area contributed by atoms with Crippen LogP contribution in [0.5, 0.6) is 0 Å². The average Bonchev–Trinajstić information content (AvgIpc) is 2.94. The molecule has 0 N–H and O–H groups in total. The van der Waals surface area contributed by atoms with E-state index in [9.17, 15) is 4.79 Å². The molecule has 24 heavy (non-hydrogen) atoms. The first-order valence-corrected chi connectivity index (χ1v) is 9.29. The zero-order chi connectivity index (χ0) is 16.7. The molecule has 1 saturated carbocycles. The summed E-state index contributed by atoms with van der Waals surface area (Å²) in [5.74, 6) is 1.85. The molecule has 0 unspecified atom stereocenters. The third-order valence-corrected chi connectivity index (χ3v) is 6.12. The highest BCUT2D eigenvalue weighted by atomic mass is 32.2. The van der Waals surface area contributed by atoms with Crippen molar-refractivity contribution in [3.8, 4) is 5.69 Å². The monoisotopic (exact) mass is 340 g/mol. The number of thioether (sulfide) groups is 1. The van der Waals surface area contributed by atoms with E-state index in [4.69, 9.17) is 0 Å². The first-order valence-electron chi connectivity index (χ1n) is 8.31. The van der Waals surface area contributed by atoms with Gasteiger partial charge in [-0.3, -0.25) is 13.8 Å². The molecule has 124 valence electrons. The molecule has 0 bridgehead atoms. The van der Waals surface area contributed by atoms with Gasteiger partial charge in [0, 0.05) is 18.1 Å². The van der Waals surface area contributed by atoms with E-state index in [1.165, 1.54) is 19.3 Å². The van der Waals surface area contributed by atoms with Crippen LogP contribution in [-0.2, 0) is 0 Å². The normalized spacial score (nSPS) is 14.9. The van der Waals surface area contributed by atoms with Gasteiger partial charge in [0.05, 0.1) is 5.69 Å². The van der Waals surface area contributed by atoms with Gasteiger partial charge in [0.15, 0.2) is 5.16 Å². The van der Waals surface area contributed by atoms with Crippen LogP contribution in [0.1, 0.15) is 30.4 Å². The molecule has 4 rings (SSSR count). The van der Waals surface area contributed by atoms with Crippen molar-refractivity contribution in [2.45, 2.75) is 38.3 Å². The lowest BCUT2D eigenvalue weighted by Crippen LogP contribution is -2.21. The Morgan fingerprint density at radius 3 is 2.79 bits per heavy atom. The first-order chi connectivity index (χ1) is 11.6. The van der Waals surface area contributed by atoms with Crippen molar-refractivity contribution in [3.63, 3.8) is 0 Å². The molecule has 0 amide bonds. The number of benzene rings is 1. The molecule has 1 aliphatic rings. The highest BCUT2D eigenvalue weighted by Gasteiger charge is 2.19. The number of aromatic nitrogens is 4. The predicted molar refractivity (Wildman–Crippen MR) is 96.1 cm³/mol. The van der Waals surface area contributed by atoms with E-state index in [0.29, 0.717) is 5.65 Å². The zero-order valence-electron chi connectivity index (χ0n) is 13.9. The quantitative estimate of drug-likeness (QED) is 0.683. The van der Waals surface area contributed by atoms with Gasteiger partial charge in [0.2, 0.25) is 5.65 Å². The topological polar surface area (TPSA) is 52.2 Å². The maximum Gasteiger partial charge on any atom is 0.300 e. The molecule has 0 atom stereocenters. The second kappa shape index (κ2) is 6.09. The minimum absolute atomic E-state index is 0.130. The molecule has 1 fully saturated rings. The highest BCUT2D eigenvalue weighted by Crippen LogP contribution is 2.31. The van der Waals surface area contributed by atoms with E-state index in [-0.39, 0.29) is 5.56 Å². The molecular weight excluding hydrogens is 320 g/mol. The van der Waals surface area contributed by atoms with Crippen molar-refractivity contribution in [1.82, 2.24) is 19.2 Å². The lowest BCUT2D eigenvalue weighted by atomic mass is 9.87. The lowest BCUT2D eigenvalue weighted by molar-refractivity contribution is 0.353. The van der Waals surface area contributed by atoms with Crippen LogP contribution in [0, 0.1) is 19.8 Å². The van der Waals surface area contributed by atoms with Crippen LogP contribution in [0.3, 0.4) is 0 Å². The molecule has 0 spiro atoms. The Morgan fingerprint density at radius 2 is 2.04 bits per heavy atom. The van der Waals surface area contributed by atoms with Crippen LogP contribution < -0.4 is 5.56 Å². The standard InChI is InChI=1S/C18H20N4OS/c1-12-5-3-8-15(13(12)2)21-9-10-22-16(17(21)23)19-20-18(22)24-11-14-6-4-7-14/h3,5,8-10,14H,4,6-7,11H2,1-2H3. The van der Waals surface area contributed by atoms with Gasteiger partial charge >= 0.3 is 5.56 Å². The zero-order valence-corrected chi connectivity index (χ0v) is 14.7. The molecule has 2 heterocycles. The number of hydrogen-bond acceptors (Lipinski definition) is 4. The molecule has 0 saturated heterocycles. The SMILES string of the molecule is Cc1cccc(-n2ccn3c(SCC4CCC4)nnc3c2=O)c1C. The van der Waals surface area contributed by atoms with E-state index in [1.54, 1.807) is 16.3 Å². The Labute approximate surface area is 144 Å². The third kappa shape index (κ3) is 2.55. The Morgan fingerprint density at radius 1 is 1.21 bits per heavy atom. The number of aryl methyl sites for hydroxylation is 1. The third-order valence-electron chi connectivity index (χ3n) is 4.95. The predicted octanol–water partition coefficient (Wildman–Crippen LogP) is 3.39. The van der Waals surface area contributed by atoms with Crippen molar-refractivity contribution in [1.29, 1.82) is 0 Å². The van der Waals surface area contributed by atoms with Gasteiger partial charge < -0.3 is 0 Å². The molecule has 5 nitrogen and oxygen atoms in total. The minimum Gasteiger partial charge on any atom is -0.279 e.